The zero-order valence-corrected chi connectivity index (χ0v) is 15.4. The molecule has 1 N–H and O–H groups in total. The van der Waals surface area contributed by atoms with Crippen molar-refractivity contribution < 1.29 is 32.2 Å². The molecule has 2 aromatic carbocycles. The van der Waals surface area contributed by atoms with Crippen LogP contribution in [0.1, 0.15) is 36.2 Å². The highest BCUT2D eigenvalue weighted by Crippen LogP contribution is 2.30. The lowest BCUT2D eigenvalue weighted by atomic mass is 10.1. The summed E-state index contributed by atoms with van der Waals surface area (Å²) >= 11 is 0. The van der Waals surface area contributed by atoms with Gasteiger partial charge in [-0.3, -0.25) is 4.79 Å². The van der Waals surface area contributed by atoms with Crippen LogP contribution < -0.4 is 10.1 Å². The van der Waals surface area contributed by atoms with E-state index in [0.29, 0.717) is 18.8 Å². The van der Waals surface area contributed by atoms with E-state index in [2.05, 4.69) is 5.32 Å². The number of anilines is 1. The van der Waals surface area contributed by atoms with Gasteiger partial charge in [0, 0.05) is 11.3 Å². The summed E-state index contributed by atoms with van der Waals surface area (Å²) in [6.07, 6.45) is -4.60. The number of ether oxygens (including phenoxy) is 2. The highest BCUT2D eigenvalue weighted by molar-refractivity contribution is 6.04. The van der Waals surface area contributed by atoms with Crippen LogP contribution in [0.2, 0.25) is 0 Å². The summed E-state index contributed by atoms with van der Waals surface area (Å²) in [5.74, 6) is -0.703. The number of rotatable bonds is 7. The molecule has 0 fully saturated rings. The lowest BCUT2D eigenvalue weighted by molar-refractivity contribution is -0.151. The Hall–Kier alpha value is -3.03. The molecular weight excluding hydrogens is 375 g/mol. The van der Waals surface area contributed by atoms with E-state index >= 15 is 0 Å². The van der Waals surface area contributed by atoms with Gasteiger partial charge in [-0.25, -0.2) is 4.79 Å². The van der Waals surface area contributed by atoms with Gasteiger partial charge in [0.1, 0.15) is 5.75 Å². The minimum Gasteiger partial charge on any atom is -0.479 e. The maximum absolute atomic E-state index is 12.7. The Labute approximate surface area is 160 Å². The summed E-state index contributed by atoms with van der Waals surface area (Å²) in [6, 6.07) is 10.2. The van der Waals surface area contributed by atoms with E-state index in [1.807, 2.05) is 6.92 Å². The Bertz CT molecular complexity index is 819. The third-order valence-electron chi connectivity index (χ3n) is 3.66. The summed E-state index contributed by atoms with van der Waals surface area (Å²) in [4.78, 5) is 23.9. The average Bonchev–Trinajstić information content (AvgIpc) is 2.66. The molecule has 2 rings (SSSR count). The molecule has 0 spiro atoms. The lowest BCUT2D eigenvalue weighted by Crippen LogP contribution is -2.26. The van der Waals surface area contributed by atoms with Crippen molar-refractivity contribution in [2.24, 2.45) is 0 Å². The molecule has 0 saturated carbocycles. The molecule has 1 amide bonds. The van der Waals surface area contributed by atoms with Crippen LogP contribution in [0.15, 0.2) is 48.5 Å². The van der Waals surface area contributed by atoms with Gasteiger partial charge in [-0.15, -0.1) is 0 Å². The molecule has 8 heteroatoms. The number of carbonyl (C=O) groups excluding carboxylic acids is 2. The normalized spacial score (nSPS) is 12.2. The van der Waals surface area contributed by atoms with E-state index in [1.165, 1.54) is 36.4 Å². The van der Waals surface area contributed by atoms with Gasteiger partial charge in [0.15, 0.2) is 6.10 Å². The number of hydrogen-bond donors (Lipinski definition) is 1. The van der Waals surface area contributed by atoms with Crippen LogP contribution in [-0.2, 0) is 15.7 Å². The number of carbonyl (C=O) groups is 2. The quantitative estimate of drug-likeness (QED) is 0.692. The monoisotopic (exact) mass is 395 g/mol. The van der Waals surface area contributed by atoms with Crippen molar-refractivity contribution in [2.75, 3.05) is 11.9 Å². The van der Waals surface area contributed by atoms with Crippen molar-refractivity contribution >= 4 is 17.6 Å². The molecule has 0 unspecified atom stereocenters. The molecule has 1 atom stereocenters. The largest absolute Gasteiger partial charge is 0.479 e. The number of esters is 1. The Morgan fingerprint density at radius 1 is 1.11 bits per heavy atom. The molecule has 0 heterocycles. The average molecular weight is 395 g/mol. The fourth-order valence-electron chi connectivity index (χ4n) is 2.23. The second-order valence-corrected chi connectivity index (χ2v) is 5.98. The third kappa shape index (κ3) is 6.00. The highest BCUT2D eigenvalue weighted by atomic mass is 19.4. The standard InChI is InChI=1S/C20H20F3NO4/c1-3-11-27-19(26)13(2)28-17-9-7-14(8-10-17)18(25)24-16-6-4-5-15(12-16)20(21,22)23/h4-10,12-13H,3,11H2,1-2H3,(H,24,25)/t13-/m0/s1. The molecule has 28 heavy (non-hydrogen) atoms. The van der Waals surface area contributed by atoms with Crippen LogP contribution in [0, 0.1) is 0 Å². The van der Waals surface area contributed by atoms with Gasteiger partial charge in [0.2, 0.25) is 0 Å². The van der Waals surface area contributed by atoms with Crippen molar-refractivity contribution in [1.82, 2.24) is 0 Å². The van der Waals surface area contributed by atoms with E-state index in [0.717, 1.165) is 12.1 Å². The summed E-state index contributed by atoms with van der Waals surface area (Å²) in [5, 5.41) is 2.42. The van der Waals surface area contributed by atoms with Gasteiger partial charge in [0.25, 0.3) is 5.91 Å². The Kier molecular flexibility index (Phi) is 7.03. The number of benzene rings is 2. The second-order valence-electron chi connectivity index (χ2n) is 5.98. The van der Waals surface area contributed by atoms with Gasteiger partial charge in [-0.2, -0.15) is 13.2 Å². The van der Waals surface area contributed by atoms with Crippen molar-refractivity contribution in [3.05, 3.63) is 59.7 Å². The predicted octanol–water partition coefficient (Wildman–Crippen LogP) is 4.68. The molecule has 5 nitrogen and oxygen atoms in total. The molecule has 0 aromatic heterocycles. The zero-order chi connectivity index (χ0) is 20.7. The second kappa shape index (κ2) is 9.25. The Morgan fingerprint density at radius 3 is 2.39 bits per heavy atom. The summed E-state index contributed by atoms with van der Waals surface area (Å²) in [6.45, 7) is 3.73. The lowest BCUT2D eigenvalue weighted by Gasteiger charge is -2.14. The summed E-state index contributed by atoms with van der Waals surface area (Å²) in [5.41, 5.74) is -0.587. The molecule has 0 bridgehead atoms. The highest BCUT2D eigenvalue weighted by Gasteiger charge is 2.30. The smallest absolute Gasteiger partial charge is 0.416 e. The van der Waals surface area contributed by atoms with Crippen LogP contribution in [-0.4, -0.2) is 24.6 Å². The maximum Gasteiger partial charge on any atom is 0.416 e. The number of halogens is 3. The SMILES string of the molecule is CCCOC(=O)[C@H](C)Oc1ccc(C(=O)Nc2cccc(C(F)(F)F)c2)cc1. The van der Waals surface area contributed by atoms with Crippen LogP contribution in [0.4, 0.5) is 18.9 Å². The van der Waals surface area contributed by atoms with Gasteiger partial charge in [0.05, 0.1) is 12.2 Å². The van der Waals surface area contributed by atoms with Gasteiger partial charge in [-0.05, 0) is 55.8 Å². The van der Waals surface area contributed by atoms with E-state index in [4.69, 9.17) is 9.47 Å². The number of amides is 1. The van der Waals surface area contributed by atoms with Gasteiger partial charge in [-0.1, -0.05) is 13.0 Å². The molecule has 150 valence electrons. The van der Waals surface area contributed by atoms with E-state index < -0.39 is 29.7 Å². The van der Waals surface area contributed by atoms with Gasteiger partial charge < -0.3 is 14.8 Å². The van der Waals surface area contributed by atoms with Crippen LogP contribution in [0.3, 0.4) is 0 Å². The van der Waals surface area contributed by atoms with Crippen LogP contribution in [0.25, 0.3) is 0 Å². The summed E-state index contributed by atoms with van der Waals surface area (Å²) < 4.78 is 48.7. The number of alkyl halides is 3. The topological polar surface area (TPSA) is 64.6 Å². The fraction of sp³-hybridized carbons (Fsp3) is 0.300. The first-order chi connectivity index (χ1) is 13.2. The molecule has 0 aliphatic rings. The molecule has 0 aliphatic heterocycles. The Morgan fingerprint density at radius 2 is 1.79 bits per heavy atom. The molecular formula is C20H20F3NO4. The van der Waals surface area contributed by atoms with E-state index in [-0.39, 0.29) is 11.3 Å². The zero-order valence-electron chi connectivity index (χ0n) is 15.4. The van der Waals surface area contributed by atoms with Crippen molar-refractivity contribution in [2.45, 2.75) is 32.5 Å². The minimum absolute atomic E-state index is 0.0347. The summed E-state index contributed by atoms with van der Waals surface area (Å²) in [7, 11) is 0. The third-order valence-corrected chi connectivity index (χ3v) is 3.66. The van der Waals surface area contributed by atoms with E-state index in [1.54, 1.807) is 6.92 Å². The first-order valence-electron chi connectivity index (χ1n) is 8.62. The molecule has 0 saturated heterocycles. The van der Waals surface area contributed by atoms with E-state index in [9.17, 15) is 22.8 Å². The Balaban J connectivity index is 1.99. The van der Waals surface area contributed by atoms with Crippen molar-refractivity contribution in [3.63, 3.8) is 0 Å². The van der Waals surface area contributed by atoms with Crippen LogP contribution >= 0.6 is 0 Å². The van der Waals surface area contributed by atoms with Gasteiger partial charge >= 0.3 is 12.1 Å². The number of hydrogen-bond acceptors (Lipinski definition) is 4. The minimum atomic E-state index is -4.49. The molecule has 0 aliphatic carbocycles. The van der Waals surface area contributed by atoms with Crippen molar-refractivity contribution in [3.8, 4) is 5.75 Å². The first kappa shape index (κ1) is 21.3. The molecule has 2 aromatic rings. The maximum atomic E-state index is 12.7. The predicted molar refractivity (Wildman–Crippen MR) is 97.2 cm³/mol. The first-order valence-corrected chi connectivity index (χ1v) is 8.62. The number of nitrogens with one attached hydrogen (secondary N) is 1. The molecule has 0 radical (unpaired) electrons. The van der Waals surface area contributed by atoms with Crippen molar-refractivity contribution in [1.29, 1.82) is 0 Å². The van der Waals surface area contributed by atoms with Crippen LogP contribution in [0.5, 0.6) is 5.75 Å². The fourth-order valence-corrected chi connectivity index (χ4v) is 2.23.